The molecule has 1 aliphatic rings. The van der Waals surface area contributed by atoms with Crippen molar-refractivity contribution in [2.75, 3.05) is 13.2 Å². The van der Waals surface area contributed by atoms with Gasteiger partial charge in [0.2, 0.25) is 0 Å². The van der Waals surface area contributed by atoms with Crippen LogP contribution in [0.5, 0.6) is 0 Å². The number of benzene rings is 1. The lowest BCUT2D eigenvalue weighted by Gasteiger charge is -2.28. The van der Waals surface area contributed by atoms with E-state index in [0.717, 1.165) is 41.7 Å². The van der Waals surface area contributed by atoms with Gasteiger partial charge < -0.3 is 9.84 Å². The minimum Gasteiger partial charge on any atom is -0.388 e. The summed E-state index contributed by atoms with van der Waals surface area (Å²) < 4.78 is 6.35. The molecule has 1 saturated heterocycles. The topological polar surface area (TPSA) is 29.5 Å². The summed E-state index contributed by atoms with van der Waals surface area (Å²) in [4.78, 5) is 0. The summed E-state index contributed by atoms with van der Waals surface area (Å²) >= 11 is 3.45. The lowest BCUT2D eigenvalue weighted by Crippen LogP contribution is -2.22. The highest BCUT2D eigenvalue weighted by Gasteiger charge is 2.24. The summed E-state index contributed by atoms with van der Waals surface area (Å²) in [5, 5.41) is 10.4. The lowest BCUT2D eigenvalue weighted by molar-refractivity contribution is 0.00694. The summed E-state index contributed by atoms with van der Waals surface area (Å²) in [7, 11) is 0. The van der Waals surface area contributed by atoms with E-state index >= 15 is 0 Å². The van der Waals surface area contributed by atoms with E-state index in [0.29, 0.717) is 5.92 Å². The smallest absolute Gasteiger partial charge is 0.0822 e. The van der Waals surface area contributed by atoms with Gasteiger partial charge in [0.25, 0.3) is 0 Å². The van der Waals surface area contributed by atoms with Crippen LogP contribution in [0.25, 0.3) is 0 Å². The predicted octanol–water partition coefficient (Wildman–Crippen LogP) is 3.22. The molecule has 0 aromatic heterocycles. The molecule has 0 saturated carbocycles. The molecule has 1 heterocycles. The van der Waals surface area contributed by atoms with Crippen molar-refractivity contribution < 1.29 is 9.84 Å². The molecule has 88 valence electrons. The summed E-state index contributed by atoms with van der Waals surface area (Å²) in [5.74, 6) is 0.335. The molecule has 0 radical (unpaired) electrons. The van der Waals surface area contributed by atoms with Gasteiger partial charge in [0.15, 0.2) is 0 Å². The zero-order valence-electron chi connectivity index (χ0n) is 9.45. The molecule has 1 aromatic carbocycles. The first-order valence-corrected chi connectivity index (χ1v) is 6.49. The monoisotopic (exact) mass is 284 g/mol. The van der Waals surface area contributed by atoms with E-state index in [1.807, 2.05) is 25.1 Å². The fraction of sp³-hybridized carbons (Fsp3) is 0.538. The van der Waals surface area contributed by atoms with Crippen molar-refractivity contribution in [2.24, 2.45) is 5.92 Å². The molecule has 0 aliphatic carbocycles. The number of aryl methyl sites for hydroxylation is 1. The Kier molecular flexibility index (Phi) is 4.00. The summed E-state index contributed by atoms with van der Waals surface area (Å²) in [6.07, 6.45) is 1.54. The fourth-order valence-corrected chi connectivity index (χ4v) is 2.59. The maximum absolute atomic E-state index is 10.4. The minimum absolute atomic E-state index is 0.335. The SMILES string of the molecule is Cc1ccc(Br)cc1C(O)C1CCOCC1. The molecule has 0 bridgehead atoms. The van der Waals surface area contributed by atoms with E-state index in [2.05, 4.69) is 15.9 Å². The molecule has 1 aliphatic heterocycles. The van der Waals surface area contributed by atoms with Crippen LogP contribution in [0, 0.1) is 12.8 Å². The number of hydrogen-bond acceptors (Lipinski definition) is 2. The molecular formula is C13H17BrO2. The maximum atomic E-state index is 10.4. The molecule has 1 unspecified atom stereocenters. The summed E-state index contributed by atoms with van der Waals surface area (Å²) in [6.45, 7) is 3.59. The molecule has 3 heteroatoms. The van der Waals surface area contributed by atoms with Gasteiger partial charge in [-0.1, -0.05) is 22.0 Å². The van der Waals surface area contributed by atoms with Crippen molar-refractivity contribution in [2.45, 2.75) is 25.9 Å². The molecular weight excluding hydrogens is 268 g/mol. The van der Waals surface area contributed by atoms with Gasteiger partial charge in [-0.05, 0) is 48.9 Å². The Morgan fingerprint density at radius 2 is 2.06 bits per heavy atom. The van der Waals surface area contributed by atoms with Crippen LogP contribution in [0.15, 0.2) is 22.7 Å². The van der Waals surface area contributed by atoms with Crippen molar-refractivity contribution in [1.29, 1.82) is 0 Å². The lowest BCUT2D eigenvalue weighted by atomic mass is 9.88. The van der Waals surface area contributed by atoms with E-state index in [-0.39, 0.29) is 6.10 Å². The van der Waals surface area contributed by atoms with E-state index < -0.39 is 0 Å². The second kappa shape index (κ2) is 5.30. The second-order valence-electron chi connectivity index (χ2n) is 4.40. The third-order valence-corrected chi connectivity index (χ3v) is 3.77. The fourth-order valence-electron chi connectivity index (χ4n) is 2.22. The van der Waals surface area contributed by atoms with Gasteiger partial charge in [-0.2, -0.15) is 0 Å². The van der Waals surface area contributed by atoms with Crippen molar-refractivity contribution >= 4 is 15.9 Å². The largest absolute Gasteiger partial charge is 0.388 e. The molecule has 0 spiro atoms. The molecule has 1 fully saturated rings. The van der Waals surface area contributed by atoms with E-state index in [9.17, 15) is 5.11 Å². The minimum atomic E-state index is -0.360. The molecule has 0 amide bonds. The first kappa shape index (κ1) is 12.1. The molecule has 1 aromatic rings. The molecule has 16 heavy (non-hydrogen) atoms. The van der Waals surface area contributed by atoms with Gasteiger partial charge in [0.05, 0.1) is 6.10 Å². The van der Waals surface area contributed by atoms with Gasteiger partial charge in [0.1, 0.15) is 0 Å². The van der Waals surface area contributed by atoms with Crippen LogP contribution in [-0.2, 0) is 4.74 Å². The average Bonchev–Trinajstić information content (AvgIpc) is 2.32. The first-order chi connectivity index (χ1) is 7.68. The highest BCUT2D eigenvalue weighted by Crippen LogP contribution is 2.32. The van der Waals surface area contributed by atoms with Crippen LogP contribution in [0.4, 0.5) is 0 Å². The Labute approximate surface area is 105 Å². The third-order valence-electron chi connectivity index (χ3n) is 3.27. The average molecular weight is 285 g/mol. The summed E-state index contributed by atoms with van der Waals surface area (Å²) in [6, 6.07) is 6.08. The Balaban J connectivity index is 2.18. The predicted molar refractivity (Wildman–Crippen MR) is 67.4 cm³/mol. The van der Waals surface area contributed by atoms with Gasteiger partial charge in [-0.3, -0.25) is 0 Å². The van der Waals surface area contributed by atoms with Crippen LogP contribution in [0.1, 0.15) is 30.1 Å². The Morgan fingerprint density at radius 3 is 2.75 bits per heavy atom. The molecule has 1 atom stereocenters. The number of aliphatic hydroxyl groups excluding tert-OH is 1. The van der Waals surface area contributed by atoms with Crippen molar-refractivity contribution in [1.82, 2.24) is 0 Å². The number of rotatable bonds is 2. The highest BCUT2D eigenvalue weighted by molar-refractivity contribution is 9.10. The van der Waals surface area contributed by atoms with Gasteiger partial charge in [-0.15, -0.1) is 0 Å². The zero-order valence-corrected chi connectivity index (χ0v) is 11.0. The number of ether oxygens (including phenoxy) is 1. The Hall–Kier alpha value is -0.380. The highest BCUT2D eigenvalue weighted by atomic mass is 79.9. The van der Waals surface area contributed by atoms with E-state index in [1.165, 1.54) is 0 Å². The standard InChI is InChI=1S/C13H17BrO2/c1-9-2-3-11(14)8-12(9)13(15)10-4-6-16-7-5-10/h2-3,8,10,13,15H,4-7H2,1H3. The molecule has 1 N–H and O–H groups in total. The van der Waals surface area contributed by atoms with Crippen LogP contribution >= 0.6 is 15.9 Å². The summed E-state index contributed by atoms with van der Waals surface area (Å²) in [5.41, 5.74) is 2.20. The van der Waals surface area contributed by atoms with Crippen LogP contribution < -0.4 is 0 Å². The zero-order chi connectivity index (χ0) is 11.5. The second-order valence-corrected chi connectivity index (χ2v) is 5.31. The van der Waals surface area contributed by atoms with Crippen LogP contribution in [0.2, 0.25) is 0 Å². The normalized spacial score (nSPS) is 19.7. The van der Waals surface area contributed by atoms with E-state index in [4.69, 9.17) is 4.74 Å². The molecule has 2 rings (SSSR count). The van der Waals surface area contributed by atoms with Crippen molar-refractivity contribution in [3.05, 3.63) is 33.8 Å². The maximum Gasteiger partial charge on any atom is 0.0822 e. The number of aliphatic hydroxyl groups is 1. The first-order valence-electron chi connectivity index (χ1n) is 5.70. The van der Waals surface area contributed by atoms with Crippen LogP contribution in [0.3, 0.4) is 0 Å². The van der Waals surface area contributed by atoms with Crippen molar-refractivity contribution in [3.63, 3.8) is 0 Å². The number of hydrogen-bond donors (Lipinski definition) is 1. The third kappa shape index (κ3) is 2.65. The Bertz CT molecular complexity index is 359. The van der Waals surface area contributed by atoms with Gasteiger partial charge in [0, 0.05) is 17.7 Å². The molecule has 2 nitrogen and oxygen atoms in total. The Morgan fingerprint density at radius 1 is 1.38 bits per heavy atom. The number of halogens is 1. The van der Waals surface area contributed by atoms with E-state index in [1.54, 1.807) is 0 Å². The van der Waals surface area contributed by atoms with Crippen LogP contribution in [-0.4, -0.2) is 18.3 Å². The van der Waals surface area contributed by atoms with Gasteiger partial charge >= 0.3 is 0 Å². The quantitative estimate of drug-likeness (QED) is 0.904. The van der Waals surface area contributed by atoms with Crippen molar-refractivity contribution in [3.8, 4) is 0 Å². The van der Waals surface area contributed by atoms with Gasteiger partial charge in [-0.25, -0.2) is 0 Å².